The van der Waals surface area contributed by atoms with Gasteiger partial charge >= 0.3 is 0 Å². The zero-order valence-corrected chi connectivity index (χ0v) is 13.3. The second kappa shape index (κ2) is 7.37. The number of para-hydroxylation sites is 1. The Morgan fingerprint density at radius 2 is 2.00 bits per heavy atom. The van der Waals surface area contributed by atoms with E-state index >= 15 is 0 Å². The summed E-state index contributed by atoms with van der Waals surface area (Å²) in [6, 6.07) is 9.09. The summed E-state index contributed by atoms with van der Waals surface area (Å²) in [6.07, 6.45) is 1.75. The zero-order valence-electron chi connectivity index (χ0n) is 11.7. The van der Waals surface area contributed by atoms with Crippen LogP contribution in [-0.2, 0) is 16.4 Å². The average molecular weight is 327 g/mol. The van der Waals surface area contributed by atoms with Gasteiger partial charge in [-0.05, 0) is 18.6 Å². The second-order valence-electron chi connectivity index (χ2n) is 4.33. The van der Waals surface area contributed by atoms with Crippen molar-refractivity contribution in [2.75, 3.05) is 17.1 Å². The molecule has 2 aromatic rings. The maximum atomic E-state index is 11.9. The van der Waals surface area contributed by atoms with Crippen LogP contribution in [0.3, 0.4) is 0 Å². The minimum atomic E-state index is -3.47. The molecule has 114 valence electrons. The van der Waals surface area contributed by atoms with Crippen molar-refractivity contribution in [1.29, 1.82) is 0 Å². The van der Waals surface area contributed by atoms with Crippen LogP contribution >= 0.6 is 11.3 Å². The molecule has 21 heavy (non-hydrogen) atoms. The molecule has 0 aliphatic carbocycles. The van der Waals surface area contributed by atoms with Gasteiger partial charge in [0.2, 0.25) is 15.2 Å². The topological polar surface area (TPSA) is 81.2 Å². The van der Waals surface area contributed by atoms with Crippen molar-refractivity contribution < 1.29 is 13.2 Å². The molecule has 0 bridgehead atoms. The van der Waals surface area contributed by atoms with Crippen molar-refractivity contribution >= 4 is 26.5 Å². The number of rotatable bonds is 8. The lowest BCUT2D eigenvalue weighted by atomic mass is 10.3. The molecular weight excluding hydrogens is 310 g/mol. The Labute approximate surface area is 128 Å². The highest BCUT2D eigenvalue weighted by Crippen LogP contribution is 2.18. The standard InChI is InChI=1S/C13H17N3O3S2/c1-2-6-12-14-15-13(20-12)16-21(17,18)10-9-19-11-7-4-3-5-8-11/h3-5,7-8H,2,6,9-10H2,1H3,(H,15,16). The first-order valence-corrected chi connectivity index (χ1v) is 9.06. The maximum Gasteiger partial charge on any atom is 0.237 e. The minimum absolute atomic E-state index is 0.0833. The number of hydrogen-bond donors (Lipinski definition) is 1. The van der Waals surface area contributed by atoms with Gasteiger partial charge in [-0.25, -0.2) is 8.42 Å². The summed E-state index contributed by atoms with van der Waals surface area (Å²) < 4.78 is 31.6. The van der Waals surface area contributed by atoms with Crippen molar-refractivity contribution in [3.63, 3.8) is 0 Å². The molecular formula is C13H17N3O3S2. The number of sulfonamides is 1. The quantitative estimate of drug-likeness (QED) is 0.804. The van der Waals surface area contributed by atoms with Gasteiger partial charge in [0.05, 0.1) is 0 Å². The monoisotopic (exact) mass is 327 g/mol. The zero-order chi connectivity index (χ0) is 15.1. The van der Waals surface area contributed by atoms with Crippen LogP contribution in [0.15, 0.2) is 30.3 Å². The Bertz CT molecular complexity index is 656. The molecule has 0 saturated carbocycles. The van der Waals surface area contributed by atoms with Gasteiger partial charge in [-0.2, -0.15) is 0 Å². The first-order valence-electron chi connectivity index (χ1n) is 6.60. The largest absolute Gasteiger partial charge is 0.492 e. The first-order chi connectivity index (χ1) is 10.1. The van der Waals surface area contributed by atoms with E-state index in [1.165, 1.54) is 11.3 Å². The SMILES string of the molecule is CCCc1nnc(NS(=O)(=O)CCOc2ccccc2)s1. The number of hydrogen-bond acceptors (Lipinski definition) is 6. The van der Waals surface area contributed by atoms with Crippen LogP contribution in [0.4, 0.5) is 5.13 Å². The van der Waals surface area contributed by atoms with Gasteiger partial charge in [0.1, 0.15) is 23.1 Å². The Morgan fingerprint density at radius 3 is 2.71 bits per heavy atom. The second-order valence-corrected chi connectivity index (χ2v) is 7.24. The van der Waals surface area contributed by atoms with E-state index in [1.807, 2.05) is 25.1 Å². The van der Waals surface area contributed by atoms with Gasteiger partial charge in [-0.15, -0.1) is 10.2 Å². The molecule has 2 rings (SSSR count). The molecule has 0 amide bonds. The Hall–Kier alpha value is -1.67. The van der Waals surface area contributed by atoms with Gasteiger partial charge in [0.15, 0.2) is 0 Å². The van der Waals surface area contributed by atoms with Crippen LogP contribution in [0.25, 0.3) is 0 Å². The molecule has 1 N–H and O–H groups in total. The van der Waals surface area contributed by atoms with Gasteiger partial charge in [0.25, 0.3) is 0 Å². The number of aryl methyl sites for hydroxylation is 1. The molecule has 0 fully saturated rings. The predicted octanol–water partition coefficient (Wildman–Crippen LogP) is 2.31. The summed E-state index contributed by atoms with van der Waals surface area (Å²) in [4.78, 5) is 0. The molecule has 0 unspecified atom stereocenters. The van der Waals surface area contributed by atoms with Crippen molar-refractivity contribution in [3.05, 3.63) is 35.3 Å². The molecule has 0 atom stereocenters. The first kappa shape index (κ1) is 15.7. The number of benzene rings is 1. The van der Waals surface area contributed by atoms with E-state index in [2.05, 4.69) is 14.9 Å². The normalized spacial score (nSPS) is 11.3. The van der Waals surface area contributed by atoms with Crippen molar-refractivity contribution in [2.24, 2.45) is 0 Å². The van der Waals surface area contributed by atoms with E-state index in [9.17, 15) is 8.42 Å². The fourth-order valence-electron chi connectivity index (χ4n) is 1.58. The van der Waals surface area contributed by atoms with Crippen LogP contribution in [0.5, 0.6) is 5.75 Å². The highest BCUT2D eigenvalue weighted by Gasteiger charge is 2.14. The smallest absolute Gasteiger partial charge is 0.237 e. The lowest BCUT2D eigenvalue weighted by Gasteiger charge is -2.07. The third-order valence-corrected chi connectivity index (χ3v) is 4.77. The van der Waals surface area contributed by atoms with Gasteiger partial charge in [-0.3, -0.25) is 4.72 Å². The molecule has 0 spiro atoms. The summed E-state index contributed by atoms with van der Waals surface area (Å²) in [6.45, 7) is 2.12. The highest BCUT2D eigenvalue weighted by molar-refractivity contribution is 7.92. The molecule has 1 aromatic heterocycles. The third kappa shape index (κ3) is 5.31. The molecule has 8 heteroatoms. The summed E-state index contributed by atoms with van der Waals surface area (Å²) in [5, 5.41) is 8.89. The number of anilines is 1. The number of ether oxygens (including phenoxy) is 1. The van der Waals surface area contributed by atoms with Gasteiger partial charge in [0, 0.05) is 6.42 Å². The summed E-state index contributed by atoms with van der Waals surface area (Å²) in [7, 11) is -3.47. The maximum absolute atomic E-state index is 11.9. The lowest BCUT2D eigenvalue weighted by molar-refractivity contribution is 0.341. The average Bonchev–Trinajstić information content (AvgIpc) is 2.86. The Morgan fingerprint density at radius 1 is 1.24 bits per heavy atom. The predicted molar refractivity (Wildman–Crippen MR) is 83.3 cm³/mol. The number of nitrogens with one attached hydrogen (secondary N) is 1. The van der Waals surface area contributed by atoms with E-state index in [0.29, 0.717) is 10.9 Å². The molecule has 1 heterocycles. The minimum Gasteiger partial charge on any atom is -0.492 e. The number of aromatic nitrogens is 2. The summed E-state index contributed by atoms with van der Waals surface area (Å²) in [5.74, 6) is 0.513. The molecule has 0 aliphatic rings. The Balaban J connectivity index is 1.83. The van der Waals surface area contributed by atoms with Gasteiger partial charge in [-0.1, -0.05) is 36.5 Å². The van der Waals surface area contributed by atoms with Crippen molar-refractivity contribution in [1.82, 2.24) is 10.2 Å². The number of nitrogens with zero attached hydrogens (tertiary/aromatic N) is 2. The molecule has 0 saturated heterocycles. The van der Waals surface area contributed by atoms with E-state index in [0.717, 1.165) is 17.8 Å². The molecule has 0 aliphatic heterocycles. The van der Waals surface area contributed by atoms with E-state index in [1.54, 1.807) is 12.1 Å². The van der Waals surface area contributed by atoms with Crippen LogP contribution in [0, 0.1) is 0 Å². The van der Waals surface area contributed by atoms with Crippen LogP contribution in [0.2, 0.25) is 0 Å². The van der Waals surface area contributed by atoms with E-state index < -0.39 is 10.0 Å². The fourth-order valence-corrected chi connectivity index (χ4v) is 3.53. The third-order valence-electron chi connectivity index (χ3n) is 2.54. The van der Waals surface area contributed by atoms with Gasteiger partial charge < -0.3 is 4.74 Å². The van der Waals surface area contributed by atoms with E-state index in [4.69, 9.17) is 4.74 Å². The molecule has 1 aromatic carbocycles. The van der Waals surface area contributed by atoms with E-state index in [-0.39, 0.29) is 12.4 Å². The molecule has 6 nitrogen and oxygen atoms in total. The van der Waals surface area contributed by atoms with Crippen molar-refractivity contribution in [3.8, 4) is 5.75 Å². The van der Waals surface area contributed by atoms with Crippen LogP contribution in [0.1, 0.15) is 18.4 Å². The van der Waals surface area contributed by atoms with Crippen molar-refractivity contribution in [2.45, 2.75) is 19.8 Å². The van der Waals surface area contributed by atoms with Crippen LogP contribution < -0.4 is 9.46 Å². The fraction of sp³-hybridized carbons (Fsp3) is 0.385. The Kier molecular flexibility index (Phi) is 5.51. The highest BCUT2D eigenvalue weighted by atomic mass is 32.2. The molecule has 0 radical (unpaired) electrons. The summed E-state index contributed by atoms with van der Waals surface area (Å²) in [5.41, 5.74) is 0. The van der Waals surface area contributed by atoms with Crippen LogP contribution in [-0.4, -0.2) is 31.0 Å². The lowest BCUT2D eigenvalue weighted by Crippen LogP contribution is -2.21. The summed E-state index contributed by atoms with van der Waals surface area (Å²) >= 11 is 1.26.